The first-order valence-electron chi connectivity index (χ1n) is 9.71. The zero-order chi connectivity index (χ0) is 17.9. The molecule has 1 amide bonds. The normalized spacial score (nSPS) is 29.2. The van der Waals surface area contributed by atoms with Crippen molar-refractivity contribution >= 4 is 5.91 Å². The van der Waals surface area contributed by atoms with E-state index in [-0.39, 0.29) is 11.5 Å². The number of carbonyl (C=O) groups excluding carboxylic acids is 1. The highest BCUT2D eigenvalue weighted by atomic mass is 16.5. The Bertz CT molecular complexity index is 577. The van der Waals surface area contributed by atoms with Crippen LogP contribution in [0.25, 0.3) is 0 Å². The third-order valence-electron chi connectivity index (χ3n) is 5.72. The number of nitrogens with one attached hydrogen (secondary N) is 1. The number of amides is 1. The maximum atomic E-state index is 12.4. The summed E-state index contributed by atoms with van der Waals surface area (Å²) >= 11 is 0. The van der Waals surface area contributed by atoms with Crippen LogP contribution in [0.4, 0.5) is 0 Å². The van der Waals surface area contributed by atoms with Gasteiger partial charge in [-0.25, -0.2) is 0 Å². The fraction of sp³-hybridized carbons (Fsp3) is 0.667. The molecule has 1 spiro atoms. The van der Waals surface area contributed by atoms with E-state index in [2.05, 4.69) is 42.6 Å². The number of carbonyl (C=O) groups is 1. The van der Waals surface area contributed by atoms with E-state index in [1.807, 2.05) is 18.7 Å². The van der Waals surface area contributed by atoms with Crippen LogP contribution in [0.15, 0.2) is 30.3 Å². The molecule has 0 atom stereocenters. The average molecular weight is 344 g/mol. The molecule has 4 nitrogen and oxygen atoms in total. The number of morpholine rings is 1. The highest BCUT2D eigenvalue weighted by molar-refractivity contribution is 5.85. The lowest BCUT2D eigenvalue weighted by molar-refractivity contribution is -0.214. The molecule has 1 saturated carbocycles. The molecule has 1 aliphatic heterocycles. The monoisotopic (exact) mass is 344 g/mol. The Labute approximate surface area is 151 Å². The average Bonchev–Trinajstić information content (AvgIpc) is 2.61. The molecule has 2 fully saturated rings. The van der Waals surface area contributed by atoms with Gasteiger partial charge >= 0.3 is 0 Å². The van der Waals surface area contributed by atoms with Crippen LogP contribution in [0.5, 0.6) is 0 Å². The van der Waals surface area contributed by atoms with E-state index in [1.165, 1.54) is 5.56 Å². The Morgan fingerprint density at radius 3 is 2.52 bits per heavy atom. The second-order valence-electron chi connectivity index (χ2n) is 8.08. The second kappa shape index (κ2) is 7.46. The van der Waals surface area contributed by atoms with Gasteiger partial charge in [0.25, 0.3) is 5.91 Å². The summed E-state index contributed by atoms with van der Waals surface area (Å²) in [7, 11) is 0. The first-order valence-corrected chi connectivity index (χ1v) is 9.71. The maximum absolute atomic E-state index is 12.4. The molecule has 1 heterocycles. The van der Waals surface area contributed by atoms with Crippen LogP contribution in [-0.2, 0) is 16.0 Å². The van der Waals surface area contributed by atoms with E-state index >= 15 is 0 Å². The summed E-state index contributed by atoms with van der Waals surface area (Å²) in [4.78, 5) is 14.4. The lowest BCUT2D eigenvalue weighted by Crippen LogP contribution is -2.64. The van der Waals surface area contributed by atoms with Crippen LogP contribution >= 0.6 is 0 Å². The summed E-state index contributed by atoms with van der Waals surface area (Å²) in [5, 5.41) is 3.71. The summed E-state index contributed by atoms with van der Waals surface area (Å²) < 4.78 is 6.35. The van der Waals surface area contributed by atoms with Gasteiger partial charge in [-0.15, -0.1) is 0 Å². The predicted octanol–water partition coefficient (Wildman–Crippen LogP) is 3.16. The number of hydrogen-bond acceptors (Lipinski definition) is 3. The summed E-state index contributed by atoms with van der Waals surface area (Å²) in [5.74, 6) is 0.128. The van der Waals surface area contributed by atoms with E-state index in [0.29, 0.717) is 6.04 Å². The van der Waals surface area contributed by atoms with Gasteiger partial charge in [-0.1, -0.05) is 30.3 Å². The SMILES string of the molecule is CCN1CC2(CCC(NCCc3ccccc3)CC2)OC(C)(C)C1=O. The Balaban J connectivity index is 1.50. The third-order valence-corrected chi connectivity index (χ3v) is 5.72. The minimum atomic E-state index is -0.693. The third kappa shape index (κ3) is 4.24. The molecule has 0 radical (unpaired) electrons. The van der Waals surface area contributed by atoms with Crippen LogP contribution in [-0.4, -0.2) is 47.7 Å². The van der Waals surface area contributed by atoms with E-state index in [1.54, 1.807) is 0 Å². The number of benzene rings is 1. The Hall–Kier alpha value is -1.39. The van der Waals surface area contributed by atoms with Crippen LogP contribution in [0.2, 0.25) is 0 Å². The van der Waals surface area contributed by atoms with Crippen molar-refractivity contribution in [3.8, 4) is 0 Å². The standard InChI is InChI=1S/C21H32N2O2/c1-4-23-16-21(25-20(2,3)19(23)24)13-10-18(11-14-21)22-15-12-17-8-6-5-7-9-17/h5-9,18,22H,4,10-16H2,1-3H3. The molecule has 25 heavy (non-hydrogen) atoms. The zero-order valence-electron chi connectivity index (χ0n) is 15.9. The molecular weight excluding hydrogens is 312 g/mol. The van der Waals surface area contributed by atoms with Crippen LogP contribution in [0.1, 0.15) is 52.0 Å². The minimum Gasteiger partial charge on any atom is -0.357 e. The number of likely N-dealkylation sites (N-methyl/N-ethyl adjacent to an activating group) is 1. The Morgan fingerprint density at radius 1 is 1.20 bits per heavy atom. The number of ether oxygens (including phenoxy) is 1. The van der Waals surface area contributed by atoms with E-state index < -0.39 is 5.60 Å². The van der Waals surface area contributed by atoms with Gasteiger partial charge in [-0.3, -0.25) is 4.79 Å². The lowest BCUT2D eigenvalue weighted by atomic mass is 9.79. The predicted molar refractivity (Wildman–Crippen MR) is 101 cm³/mol. The molecule has 0 aromatic heterocycles. The fourth-order valence-electron chi connectivity index (χ4n) is 4.35. The van der Waals surface area contributed by atoms with Gasteiger partial charge in [0.05, 0.1) is 5.60 Å². The van der Waals surface area contributed by atoms with Gasteiger partial charge in [0.15, 0.2) is 0 Å². The van der Waals surface area contributed by atoms with Crippen molar-refractivity contribution in [2.75, 3.05) is 19.6 Å². The highest BCUT2D eigenvalue weighted by Gasteiger charge is 2.50. The summed E-state index contributed by atoms with van der Waals surface area (Å²) in [6.45, 7) is 8.44. The van der Waals surface area contributed by atoms with Gasteiger partial charge in [0.1, 0.15) is 5.60 Å². The van der Waals surface area contributed by atoms with Crippen molar-refractivity contribution in [1.29, 1.82) is 0 Å². The molecule has 1 aromatic rings. The summed E-state index contributed by atoms with van der Waals surface area (Å²) in [6.07, 6.45) is 5.38. The number of nitrogens with zero attached hydrogens (tertiary/aromatic N) is 1. The Kier molecular flexibility index (Phi) is 5.49. The highest BCUT2D eigenvalue weighted by Crippen LogP contribution is 2.39. The molecule has 2 aliphatic rings. The van der Waals surface area contributed by atoms with Crippen molar-refractivity contribution in [2.45, 2.75) is 70.1 Å². The van der Waals surface area contributed by atoms with Crippen molar-refractivity contribution in [1.82, 2.24) is 10.2 Å². The molecule has 4 heteroatoms. The van der Waals surface area contributed by atoms with Gasteiger partial charge in [-0.05, 0) is 65.0 Å². The molecule has 0 bridgehead atoms. The van der Waals surface area contributed by atoms with Crippen molar-refractivity contribution in [3.63, 3.8) is 0 Å². The first kappa shape index (κ1) is 18.4. The minimum absolute atomic E-state index is 0.128. The zero-order valence-corrected chi connectivity index (χ0v) is 15.9. The molecule has 0 unspecified atom stereocenters. The van der Waals surface area contributed by atoms with E-state index in [0.717, 1.165) is 51.7 Å². The van der Waals surface area contributed by atoms with Gasteiger partial charge in [-0.2, -0.15) is 0 Å². The molecule has 1 saturated heterocycles. The van der Waals surface area contributed by atoms with Crippen molar-refractivity contribution in [2.24, 2.45) is 0 Å². The van der Waals surface area contributed by atoms with Gasteiger partial charge < -0.3 is 15.0 Å². The first-order chi connectivity index (χ1) is 11.9. The molecule has 1 aliphatic carbocycles. The molecule has 3 rings (SSSR count). The quantitative estimate of drug-likeness (QED) is 0.892. The van der Waals surface area contributed by atoms with Crippen LogP contribution in [0.3, 0.4) is 0 Å². The topological polar surface area (TPSA) is 41.6 Å². The van der Waals surface area contributed by atoms with Crippen LogP contribution in [0, 0.1) is 0 Å². The number of rotatable bonds is 5. The number of hydrogen-bond donors (Lipinski definition) is 1. The van der Waals surface area contributed by atoms with Crippen LogP contribution < -0.4 is 5.32 Å². The maximum Gasteiger partial charge on any atom is 0.254 e. The van der Waals surface area contributed by atoms with E-state index in [9.17, 15) is 4.79 Å². The lowest BCUT2D eigenvalue weighted by Gasteiger charge is -2.51. The molecule has 1 N–H and O–H groups in total. The van der Waals surface area contributed by atoms with Crippen molar-refractivity contribution in [3.05, 3.63) is 35.9 Å². The second-order valence-corrected chi connectivity index (χ2v) is 8.08. The van der Waals surface area contributed by atoms with Crippen molar-refractivity contribution < 1.29 is 9.53 Å². The Morgan fingerprint density at radius 2 is 1.88 bits per heavy atom. The van der Waals surface area contributed by atoms with Gasteiger partial charge in [0.2, 0.25) is 0 Å². The summed E-state index contributed by atoms with van der Waals surface area (Å²) in [6, 6.07) is 11.2. The summed E-state index contributed by atoms with van der Waals surface area (Å²) in [5.41, 5.74) is 0.545. The molecular formula is C21H32N2O2. The molecule has 1 aromatic carbocycles. The van der Waals surface area contributed by atoms with Gasteiger partial charge in [0, 0.05) is 19.1 Å². The largest absolute Gasteiger partial charge is 0.357 e. The van der Waals surface area contributed by atoms with E-state index in [4.69, 9.17) is 4.74 Å². The fourth-order valence-corrected chi connectivity index (χ4v) is 4.35. The molecule has 138 valence electrons. The smallest absolute Gasteiger partial charge is 0.254 e.